The fourth-order valence-corrected chi connectivity index (χ4v) is 3.00. The van der Waals surface area contributed by atoms with Crippen LogP contribution in [-0.2, 0) is 9.47 Å². The summed E-state index contributed by atoms with van der Waals surface area (Å²) < 4.78 is 11.8. The first-order valence-corrected chi connectivity index (χ1v) is 6.63. The van der Waals surface area contributed by atoms with Gasteiger partial charge in [-0.05, 0) is 39.0 Å². The molecule has 0 bridgehead atoms. The lowest BCUT2D eigenvalue weighted by molar-refractivity contribution is -0.0948. The van der Waals surface area contributed by atoms with E-state index in [1.165, 1.54) is 25.7 Å². The van der Waals surface area contributed by atoms with Crippen molar-refractivity contribution in [2.75, 3.05) is 12.5 Å². The van der Waals surface area contributed by atoms with Crippen molar-refractivity contribution in [3.05, 3.63) is 0 Å². The Labute approximate surface area is 97.3 Å². The number of alkyl halides is 1. The molecule has 2 heterocycles. The lowest BCUT2D eigenvalue weighted by Crippen LogP contribution is -2.41. The Morgan fingerprint density at radius 3 is 2.73 bits per heavy atom. The Hall–Kier alpha value is 0.210. The number of hydrogen-bond acceptors (Lipinski definition) is 2. The summed E-state index contributed by atoms with van der Waals surface area (Å²) >= 11 is 6.07. The van der Waals surface area contributed by atoms with Crippen LogP contribution in [0.25, 0.3) is 0 Å². The van der Waals surface area contributed by atoms with E-state index in [1.807, 2.05) is 0 Å². The van der Waals surface area contributed by atoms with E-state index in [1.54, 1.807) is 0 Å². The van der Waals surface area contributed by atoms with Crippen LogP contribution in [0.3, 0.4) is 0 Å². The second kappa shape index (κ2) is 5.03. The first kappa shape index (κ1) is 11.7. The summed E-state index contributed by atoms with van der Waals surface area (Å²) in [5.41, 5.74) is -0.0888. The Bertz CT molecular complexity index is 202. The zero-order chi connectivity index (χ0) is 10.7. The van der Waals surface area contributed by atoms with Crippen molar-refractivity contribution in [3.8, 4) is 0 Å². The molecule has 0 radical (unpaired) electrons. The highest BCUT2D eigenvalue weighted by molar-refractivity contribution is 6.18. The quantitative estimate of drug-likeness (QED) is 0.697. The fourth-order valence-electron chi connectivity index (χ4n) is 2.68. The Morgan fingerprint density at radius 2 is 2.20 bits per heavy atom. The van der Waals surface area contributed by atoms with Crippen molar-refractivity contribution in [2.45, 2.75) is 63.3 Å². The van der Waals surface area contributed by atoms with Gasteiger partial charge in [0.05, 0.1) is 23.7 Å². The second-order valence-corrected chi connectivity index (χ2v) is 5.24. The Kier molecular flexibility index (Phi) is 3.92. The van der Waals surface area contributed by atoms with Crippen LogP contribution in [0.1, 0.15) is 45.4 Å². The molecule has 3 heteroatoms. The normalized spacial score (nSPS) is 42.0. The van der Waals surface area contributed by atoms with Gasteiger partial charge in [-0.25, -0.2) is 0 Å². The van der Waals surface area contributed by atoms with Gasteiger partial charge >= 0.3 is 0 Å². The first-order chi connectivity index (χ1) is 7.24. The maximum Gasteiger partial charge on any atom is 0.0841 e. The van der Waals surface area contributed by atoms with E-state index in [4.69, 9.17) is 21.1 Å². The third-order valence-electron chi connectivity index (χ3n) is 3.60. The molecule has 2 rings (SSSR count). The molecule has 15 heavy (non-hydrogen) atoms. The van der Waals surface area contributed by atoms with Gasteiger partial charge in [-0.1, -0.05) is 0 Å². The molecule has 0 aliphatic carbocycles. The number of hydrogen-bond donors (Lipinski definition) is 0. The second-order valence-electron chi connectivity index (χ2n) is 4.97. The van der Waals surface area contributed by atoms with Crippen LogP contribution in [0, 0.1) is 0 Å². The number of rotatable bonds is 3. The number of ether oxygens (including phenoxy) is 2. The highest BCUT2D eigenvalue weighted by Crippen LogP contribution is 2.35. The zero-order valence-electron chi connectivity index (χ0n) is 9.51. The van der Waals surface area contributed by atoms with Gasteiger partial charge in [0.25, 0.3) is 0 Å². The van der Waals surface area contributed by atoms with Crippen LogP contribution in [0.2, 0.25) is 0 Å². The molecule has 0 saturated carbocycles. The lowest BCUT2D eigenvalue weighted by Gasteiger charge is -2.37. The Morgan fingerprint density at radius 1 is 1.33 bits per heavy atom. The van der Waals surface area contributed by atoms with Crippen molar-refractivity contribution < 1.29 is 9.47 Å². The lowest BCUT2D eigenvalue weighted by atomic mass is 9.89. The summed E-state index contributed by atoms with van der Waals surface area (Å²) in [7, 11) is 0. The van der Waals surface area contributed by atoms with E-state index in [2.05, 4.69) is 6.92 Å². The molecular weight excluding hydrogens is 212 g/mol. The van der Waals surface area contributed by atoms with Gasteiger partial charge in [-0.2, -0.15) is 0 Å². The van der Waals surface area contributed by atoms with E-state index in [9.17, 15) is 0 Å². The van der Waals surface area contributed by atoms with Gasteiger partial charge in [0.1, 0.15) is 0 Å². The minimum Gasteiger partial charge on any atom is -0.375 e. The minimum absolute atomic E-state index is 0.0888. The molecule has 2 saturated heterocycles. The predicted octanol–water partition coefficient (Wildman–Crippen LogP) is 3.12. The van der Waals surface area contributed by atoms with Crippen molar-refractivity contribution in [1.82, 2.24) is 0 Å². The summed E-state index contributed by atoms with van der Waals surface area (Å²) in [5, 5.41) is 0. The maximum atomic E-state index is 6.07. The molecular formula is C12H21ClO2. The third-order valence-corrected chi connectivity index (χ3v) is 4.09. The SMILES string of the molecule is CC1CCC(CC2(CCl)CCCCO2)O1. The average Bonchev–Trinajstić information content (AvgIpc) is 2.65. The average molecular weight is 233 g/mol. The predicted molar refractivity (Wildman–Crippen MR) is 61.4 cm³/mol. The molecule has 3 unspecified atom stereocenters. The van der Waals surface area contributed by atoms with E-state index in [0.717, 1.165) is 19.4 Å². The largest absolute Gasteiger partial charge is 0.375 e. The molecule has 0 N–H and O–H groups in total. The molecule has 0 spiro atoms. The maximum absolute atomic E-state index is 6.07. The molecule has 0 aromatic rings. The van der Waals surface area contributed by atoms with Gasteiger partial charge in [0, 0.05) is 13.0 Å². The van der Waals surface area contributed by atoms with Gasteiger partial charge in [0.15, 0.2) is 0 Å². The molecule has 2 aliphatic heterocycles. The van der Waals surface area contributed by atoms with Crippen molar-refractivity contribution in [2.24, 2.45) is 0 Å². The van der Waals surface area contributed by atoms with Crippen LogP contribution in [0.15, 0.2) is 0 Å². The highest BCUT2D eigenvalue weighted by atomic mass is 35.5. The van der Waals surface area contributed by atoms with Gasteiger partial charge < -0.3 is 9.47 Å². The van der Waals surface area contributed by atoms with Crippen LogP contribution in [-0.4, -0.2) is 30.3 Å². The van der Waals surface area contributed by atoms with Gasteiger partial charge in [-0.15, -0.1) is 11.6 Å². The molecule has 0 aromatic carbocycles. The molecule has 0 aromatic heterocycles. The van der Waals surface area contributed by atoms with E-state index < -0.39 is 0 Å². The van der Waals surface area contributed by atoms with E-state index >= 15 is 0 Å². The monoisotopic (exact) mass is 232 g/mol. The van der Waals surface area contributed by atoms with Crippen LogP contribution in [0.4, 0.5) is 0 Å². The summed E-state index contributed by atoms with van der Waals surface area (Å²) in [5.74, 6) is 0.612. The fraction of sp³-hybridized carbons (Fsp3) is 1.00. The molecule has 2 nitrogen and oxygen atoms in total. The van der Waals surface area contributed by atoms with Gasteiger partial charge in [-0.3, -0.25) is 0 Å². The third kappa shape index (κ3) is 2.86. The van der Waals surface area contributed by atoms with Crippen molar-refractivity contribution in [3.63, 3.8) is 0 Å². The summed E-state index contributed by atoms with van der Waals surface area (Å²) in [6.07, 6.45) is 7.66. The standard InChI is InChI=1S/C12H21ClO2/c1-10-4-5-11(15-10)8-12(9-13)6-2-3-7-14-12/h10-11H,2-9H2,1H3. The van der Waals surface area contributed by atoms with Crippen LogP contribution < -0.4 is 0 Å². The molecule has 88 valence electrons. The topological polar surface area (TPSA) is 18.5 Å². The minimum atomic E-state index is -0.0888. The zero-order valence-corrected chi connectivity index (χ0v) is 10.3. The van der Waals surface area contributed by atoms with Gasteiger partial charge in [0.2, 0.25) is 0 Å². The van der Waals surface area contributed by atoms with Crippen LogP contribution >= 0.6 is 11.6 Å². The molecule has 2 fully saturated rings. The summed E-state index contributed by atoms with van der Waals surface area (Å²) in [6.45, 7) is 3.02. The Balaban J connectivity index is 1.89. The first-order valence-electron chi connectivity index (χ1n) is 6.09. The summed E-state index contributed by atoms with van der Waals surface area (Å²) in [4.78, 5) is 0. The molecule has 0 amide bonds. The summed E-state index contributed by atoms with van der Waals surface area (Å²) in [6, 6.07) is 0. The molecule has 3 atom stereocenters. The van der Waals surface area contributed by atoms with E-state index in [-0.39, 0.29) is 5.60 Å². The van der Waals surface area contributed by atoms with Crippen LogP contribution in [0.5, 0.6) is 0 Å². The van der Waals surface area contributed by atoms with E-state index in [0.29, 0.717) is 18.1 Å². The van der Waals surface area contributed by atoms with Crippen molar-refractivity contribution in [1.29, 1.82) is 0 Å². The molecule has 2 aliphatic rings. The number of halogens is 1. The van der Waals surface area contributed by atoms with Crippen molar-refractivity contribution >= 4 is 11.6 Å². The highest BCUT2D eigenvalue weighted by Gasteiger charge is 2.37. The smallest absolute Gasteiger partial charge is 0.0841 e.